The topological polar surface area (TPSA) is 88.5 Å². The summed E-state index contributed by atoms with van der Waals surface area (Å²) < 4.78 is 4.97. The van der Waals surface area contributed by atoms with Crippen LogP contribution in [0.25, 0.3) is 0 Å². The Balaban J connectivity index is 2.03. The summed E-state index contributed by atoms with van der Waals surface area (Å²) in [6, 6.07) is -0.315. The van der Waals surface area contributed by atoms with Crippen LogP contribution in [0.5, 0.6) is 0 Å². The quantitative estimate of drug-likeness (QED) is 0.812. The van der Waals surface area contributed by atoms with Crippen LogP contribution in [0.3, 0.4) is 0 Å². The zero-order chi connectivity index (χ0) is 15.2. The van der Waals surface area contributed by atoms with Crippen LogP contribution in [0.15, 0.2) is 5.38 Å². The molecule has 0 aromatic carbocycles. The molecule has 21 heavy (non-hydrogen) atoms. The molecule has 0 bridgehead atoms. The van der Waals surface area contributed by atoms with Crippen molar-refractivity contribution in [2.75, 3.05) is 7.11 Å². The van der Waals surface area contributed by atoms with Crippen LogP contribution in [0.2, 0.25) is 0 Å². The first-order valence-corrected chi connectivity index (χ1v) is 7.96. The maximum absolute atomic E-state index is 12.2. The Labute approximate surface area is 127 Å². The number of rotatable bonds is 5. The molecular weight excluding hydrogens is 292 g/mol. The first-order valence-electron chi connectivity index (χ1n) is 7.09. The summed E-state index contributed by atoms with van der Waals surface area (Å²) >= 11 is 1.36. The fraction of sp³-hybridized carbons (Fsp3) is 0.643. The Morgan fingerprint density at radius 3 is 2.90 bits per heavy atom. The summed E-state index contributed by atoms with van der Waals surface area (Å²) in [4.78, 5) is 27.7. The highest BCUT2D eigenvalue weighted by Crippen LogP contribution is 2.24. The van der Waals surface area contributed by atoms with Crippen molar-refractivity contribution in [1.82, 2.24) is 10.3 Å². The molecule has 0 radical (unpaired) electrons. The van der Waals surface area contributed by atoms with Crippen molar-refractivity contribution in [3.63, 3.8) is 0 Å². The van der Waals surface area contributed by atoms with E-state index in [1.807, 2.05) is 0 Å². The third kappa shape index (κ3) is 4.25. The van der Waals surface area contributed by atoms with Gasteiger partial charge in [0, 0.05) is 18.5 Å². The molecular formula is C14H20N2O4S. The van der Waals surface area contributed by atoms with Crippen LogP contribution in [-0.4, -0.2) is 35.1 Å². The molecule has 1 saturated carbocycles. The van der Waals surface area contributed by atoms with E-state index < -0.39 is 11.9 Å². The number of carbonyl (C=O) groups is 2. The Bertz CT molecular complexity index is 503. The van der Waals surface area contributed by atoms with Crippen LogP contribution >= 0.6 is 11.3 Å². The van der Waals surface area contributed by atoms with Gasteiger partial charge in [-0.3, -0.25) is 9.59 Å². The zero-order valence-electron chi connectivity index (χ0n) is 12.0. The van der Waals surface area contributed by atoms with Crippen molar-refractivity contribution in [2.24, 2.45) is 5.92 Å². The lowest BCUT2D eigenvalue weighted by Gasteiger charge is -2.22. The smallest absolute Gasteiger partial charge is 0.308 e. The van der Waals surface area contributed by atoms with Crippen molar-refractivity contribution >= 4 is 23.2 Å². The molecule has 2 atom stereocenters. The number of amides is 1. The van der Waals surface area contributed by atoms with Gasteiger partial charge >= 0.3 is 5.97 Å². The highest BCUT2D eigenvalue weighted by atomic mass is 32.1. The van der Waals surface area contributed by atoms with Gasteiger partial charge in [0.2, 0.25) is 0 Å². The number of carboxylic acids is 1. The summed E-state index contributed by atoms with van der Waals surface area (Å²) in [6.07, 6.45) is 4.19. The summed E-state index contributed by atoms with van der Waals surface area (Å²) in [5.74, 6) is -1.64. The number of nitrogens with zero attached hydrogens (tertiary/aromatic N) is 1. The second-order valence-corrected chi connectivity index (χ2v) is 6.16. The van der Waals surface area contributed by atoms with Gasteiger partial charge in [-0.25, -0.2) is 4.98 Å². The van der Waals surface area contributed by atoms with Crippen molar-refractivity contribution in [3.05, 3.63) is 16.1 Å². The van der Waals surface area contributed by atoms with E-state index in [9.17, 15) is 14.7 Å². The average molecular weight is 312 g/mol. The summed E-state index contributed by atoms with van der Waals surface area (Å²) in [5, 5.41) is 14.6. The van der Waals surface area contributed by atoms with Gasteiger partial charge in [0.1, 0.15) is 10.7 Å². The van der Waals surface area contributed by atoms with Crippen LogP contribution in [-0.2, 0) is 16.1 Å². The van der Waals surface area contributed by atoms with Crippen molar-refractivity contribution < 1.29 is 19.4 Å². The number of thiazole rings is 1. The predicted molar refractivity (Wildman–Crippen MR) is 78.3 cm³/mol. The maximum Gasteiger partial charge on any atom is 0.308 e. The third-order valence-corrected chi connectivity index (χ3v) is 4.52. The number of carbonyl (C=O) groups excluding carboxylic acids is 1. The lowest BCUT2D eigenvalue weighted by molar-refractivity contribution is -0.142. The minimum atomic E-state index is -0.833. The predicted octanol–water partition coefficient (Wildman–Crippen LogP) is 2.05. The Hall–Kier alpha value is -1.47. The van der Waals surface area contributed by atoms with Crippen LogP contribution in [0.1, 0.15) is 47.6 Å². The van der Waals surface area contributed by atoms with Gasteiger partial charge < -0.3 is 15.2 Å². The maximum atomic E-state index is 12.2. The van der Waals surface area contributed by atoms with E-state index in [-0.39, 0.29) is 11.9 Å². The Morgan fingerprint density at radius 1 is 1.43 bits per heavy atom. The molecule has 116 valence electrons. The molecule has 1 aromatic heterocycles. The molecule has 0 spiro atoms. The largest absolute Gasteiger partial charge is 0.481 e. The van der Waals surface area contributed by atoms with Crippen LogP contribution < -0.4 is 5.32 Å². The molecule has 1 aliphatic rings. The number of aromatic nitrogens is 1. The minimum Gasteiger partial charge on any atom is -0.481 e. The van der Waals surface area contributed by atoms with E-state index in [4.69, 9.17) is 4.74 Å². The molecule has 2 rings (SSSR count). The highest BCUT2D eigenvalue weighted by Gasteiger charge is 2.31. The number of hydrogen-bond acceptors (Lipinski definition) is 5. The lowest BCUT2D eigenvalue weighted by atomic mass is 9.95. The van der Waals surface area contributed by atoms with Gasteiger partial charge in [0.05, 0.1) is 12.5 Å². The minimum absolute atomic E-state index is 0.299. The van der Waals surface area contributed by atoms with Crippen molar-refractivity contribution in [1.29, 1.82) is 0 Å². The van der Waals surface area contributed by atoms with Crippen LogP contribution in [0, 0.1) is 5.92 Å². The molecule has 2 N–H and O–H groups in total. The number of hydrogen-bond donors (Lipinski definition) is 2. The molecule has 7 heteroatoms. The zero-order valence-corrected chi connectivity index (χ0v) is 12.8. The number of aliphatic carboxylic acids is 1. The van der Waals surface area contributed by atoms with Gasteiger partial charge in [0.15, 0.2) is 0 Å². The Kier molecular flexibility index (Phi) is 5.69. The van der Waals surface area contributed by atoms with Gasteiger partial charge in [-0.1, -0.05) is 19.3 Å². The van der Waals surface area contributed by atoms with Gasteiger partial charge in [0.25, 0.3) is 5.91 Å². The molecule has 0 unspecified atom stereocenters. The molecule has 0 aliphatic heterocycles. The summed E-state index contributed by atoms with van der Waals surface area (Å²) in [7, 11) is 1.57. The monoisotopic (exact) mass is 312 g/mol. The molecule has 1 aromatic rings. The number of methoxy groups -OCH3 is 1. The summed E-state index contributed by atoms with van der Waals surface area (Å²) in [6.45, 7) is 0.374. The molecule has 1 fully saturated rings. The highest BCUT2D eigenvalue weighted by molar-refractivity contribution is 7.09. The number of carboxylic acid groups (broad SMARTS) is 1. The molecule has 1 aliphatic carbocycles. The lowest BCUT2D eigenvalue weighted by Crippen LogP contribution is -2.43. The standard InChI is InChI=1S/C14H20N2O4S/c1-20-7-12-15-11(8-21-12)13(17)16-10-6-4-2-3-5-9(10)14(18)19/h8-10H,2-7H2,1H3,(H,16,17)(H,18,19)/t9-,10+/m1/s1. The van der Waals surface area contributed by atoms with E-state index >= 15 is 0 Å². The van der Waals surface area contributed by atoms with E-state index in [0.29, 0.717) is 25.1 Å². The van der Waals surface area contributed by atoms with Gasteiger partial charge in [-0.15, -0.1) is 11.3 Å². The first kappa shape index (κ1) is 15.9. The third-order valence-electron chi connectivity index (χ3n) is 3.70. The first-order chi connectivity index (χ1) is 10.1. The molecule has 1 amide bonds. The van der Waals surface area contributed by atoms with Gasteiger partial charge in [-0.05, 0) is 12.8 Å². The van der Waals surface area contributed by atoms with E-state index in [1.165, 1.54) is 11.3 Å². The number of ether oxygens (including phenoxy) is 1. The van der Waals surface area contributed by atoms with Crippen molar-refractivity contribution in [3.8, 4) is 0 Å². The summed E-state index contributed by atoms with van der Waals surface area (Å²) in [5.41, 5.74) is 0.334. The second kappa shape index (κ2) is 7.51. The SMILES string of the molecule is COCc1nc(C(=O)N[C@H]2CCCCC[C@H]2C(=O)O)cs1. The molecule has 6 nitrogen and oxygen atoms in total. The second-order valence-electron chi connectivity index (χ2n) is 5.22. The average Bonchev–Trinajstić information content (AvgIpc) is 2.78. The van der Waals surface area contributed by atoms with Crippen LogP contribution in [0.4, 0.5) is 0 Å². The van der Waals surface area contributed by atoms with E-state index in [1.54, 1.807) is 12.5 Å². The Morgan fingerprint density at radius 2 is 2.19 bits per heavy atom. The van der Waals surface area contributed by atoms with Gasteiger partial charge in [-0.2, -0.15) is 0 Å². The molecule has 1 heterocycles. The van der Waals surface area contributed by atoms with E-state index in [0.717, 1.165) is 24.3 Å². The fourth-order valence-electron chi connectivity index (χ4n) is 2.62. The normalized spacial score (nSPS) is 22.5. The van der Waals surface area contributed by atoms with Crippen molar-refractivity contribution in [2.45, 2.75) is 44.8 Å². The fourth-order valence-corrected chi connectivity index (χ4v) is 3.37. The number of nitrogens with one attached hydrogen (secondary N) is 1. The van der Waals surface area contributed by atoms with E-state index in [2.05, 4.69) is 10.3 Å². The molecule has 0 saturated heterocycles.